The average molecular weight is 348 g/mol. The molecule has 0 spiro atoms. The molecule has 0 aliphatic carbocycles. The number of benzene rings is 1. The fourth-order valence-electron chi connectivity index (χ4n) is 2.20. The van der Waals surface area contributed by atoms with Gasteiger partial charge in [0.15, 0.2) is 0 Å². The van der Waals surface area contributed by atoms with E-state index in [9.17, 15) is 8.42 Å². The SMILES string of the molecule is Cc1cc(Br)c(S(=O)(=O)N2CC[NH+](C)CC2)cc1C. The fraction of sp³-hybridized carbons (Fsp3) is 0.538. The van der Waals surface area contributed by atoms with E-state index in [2.05, 4.69) is 23.0 Å². The summed E-state index contributed by atoms with van der Waals surface area (Å²) in [6.45, 7) is 6.83. The largest absolute Gasteiger partial charge is 0.335 e. The summed E-state index contributed by atoms with van der Waals surface area (Å²) in [5.41, 5.74) is 2.09. The predicted octanol–water partition coefficient (Wildman–Crippen LogP) is 0.585. The van der Waals surface area contributed by atoms with E-state index in [0.29, 0.717) is 22.5 Å². The molecule has 4 nitrogen and oxygen atoms in total. The number of piperazine rings is 1. The Morgan fingerprint density at radius 3 is 2.26 bits per heavy atom. The van der Waals surface area contributed by atoms with Gasteiger partial charge in [-0.05, 0) is 53.0 Å². The van der Waals surface area contributed by atoms with Crippen LogP contribution in [0, 0.1) is 13.8 Å². The second-order valence-electron chi connectivity index (χ2n) is 5.23. The molecule has 1 aromatic rings. The molecule has 0 saturated carbocycles. The summed E-state index contributed by atoms with van der Waals surface area (Å²) < 4.78 is 27.6. The minimum absolute atomic E-state index is 0.384. The highest BCUT2D eigenvalue weighted by atomic mass is 79.9. The minimum Gasteiger partial charge on any atom is -0.335 e. The minimum atomic E-state index is -3.38. The summed E-state index contributed by atoms with van der Waals surface area (Å²) in [5, 5.41) is 0. The van der Waals surface area contributed by atoms with Gasteiger partial charge in [-0.3, -0.25) is 0 Å². The summed E-state index contributed by atoms with van der Waals surface area (Å²) >= 11 is 3.38. The van der Waals surface area contributed by atoms with E-state index in [0.717, 1.165) is 24.2 Å². The number of quaternary nitrogens is 1. The highest BCUT2D eigenvalue weighted by Crippen LogP contribution is 2.28. The van der Waals surface area contributed by atoms with Gasteiger partial charge in [0, 0.05) is 4.47 Å². The molecule has 1 heterocycles. The number of aryl methyl sites for hydroxylation is 2. The van der Waals surface area contributed by atoms with E-state index in [1.807, 2.05) is 19.9 Å². The normalized spacial score (nSPS) is 18.7. The van der Waals surface area contributed by atoms with Crippen molar-refractivity contribution in [3.8, 4) is 0 Å². The van der Waals surface area contributed by atoms with Crippen LogP contribution in [0.3, 0.4) is 0 Å². The zero-order valence-corrected chi connectivity index (χ0v) is 13.9. The van der Waals surface area contributed by atoms with Crippen molar-refractivity contribution in [2.75, 3.05) is 33.2 Å². The number of hydrogen-bond acceptors (Lipinski definition) is 2. The highest BCUT2D eigenvalue weighted by Gasteiger charge is 2.30. The van der Waals surface area contributed by atoms with Crippen molar-refractivity contribution >= 4 is 26.0 Å². The van der Waals surface area contributed by atoms with E-state index < -0.39 is 10.0 Å². The number of likely N-dealkylation sites (N-methyl/N-ethyl adjacent to an activating group) is 1. The lowest BCUT2D eigenvalue weighted by Gasteiger charge is -2.29. The molecule has 0 radical (unpaired) electrons. The van der Waals surface area contributed by atoms with Crippen LogP contribution < -0.4 is 4.90 Å². The van der Waals surface area contributed by atoms with Crippen molar-refractivity contribution in [1.82, 2.24) is 4.31 Å². The van der Waals surface area contributed by atoms with Gasteiger partial charge in [-0.2, -0.15) is 4.31 Å². The van der Waals surface area contributed by atoms with Crippen LogP contribution in [-0.4, -0.2) is 45.9 Å². The molecule has 1 aliphatic rings. The lowest BCUT2D eigenvalue weighted by molar-refractivity contribution is -0.883. The third-order valence-electron chi connectivity index (χ3n) is 3.74. The molecule has 1 fully saturated rings. The van der Waals surface area contributed by atoms with E-state index in [1.54, 1.807) is 10.4 Å². The molecule has 19 heavy (non-hydrogen) atoms. The van der Waals surface area contributed by atoms with Gasteiger partial charge in [-0.25, -0.2) is 8.42 Å². The molecular weight excluding hydrogens is 328 g/mol. The average Bonchev–Trinajstić information content (AvgIpc) is 2.34. The Kier molecular flexibility index (Phi) is 4.35. The Morgan fingerprint density at radius 1 is 1.16 bits per heavy atom. The number of hydrogen-bond donors (Lipinski definition) is 1. The van der Waals surface area contributed by atoms with Crippen molar-refractivity contribution < 1.29 is 13.3 Å². The molecule has 0 atom stereocenters. The molecule has 1 saturated heterocycles. The van der Waals surface area contributed by atoms with Crippen LogP contribution in [0.4, 0.5) is 0 Å². The van der Waals surface area contributed by atoms with Crippen LogP contribution in [0.15, 0.2) is 21.5 Å². The first-order valence-electron chi connectivity index (χ1n) is 6.40. The highest BCUT2D eigenvalue weighted by molar-refractivity contribution is 9.10. The summed E-state index contributed by atoms with van der Waals surface area (Å²) in [6, 6.07) is 3.64. The van der Waals surface area contributed by atoms with Gasteiger partial charge in [-0.15, -0.1) is 0 Å². The zero-order valence-electron chi connectivity index (χ0n) is 11.5. The van der Waals surface area contributed by atoms with Gasteiger partial charge in [0.25, 0.3) is 0 Å². The Morgan fingerprint density at radius 2 is 1.68 bits per heavy atom. The summed E-state index contributed by atoms with van der Waals surface area (Å²) in [7, 11) is -1.29. The Bertz CT molecular complexity index is 579. The van der Waals surface area contributed by atoms with Gasteiger partial charge in [0.2, 0.25) is 10.0 Å². The summed E-state index contributed by atoms with van der Waals surface area (Å²) in [6.07, 6.45) is 0. The second kappa shape index (κ2) is 5.52. The van der Waals surface area contributed by atoms with E-state index >= 15 is 0 Å². The monoisotopic (exact) mass is 347 g/mol. The number of halogens is 1. The van der Waals surface area contributed by atoms with Crippen molar-refractivity contribution in [3.05, 3.63) is 27.7 Å². The topological polar surface area (TPSA) is 41.8 Å². The van der Waals surface area contributed by atoms with Gasteiger partial charge in [-0.1, -0.05) is 0 Å². The molecule has 2 rings (SSSR count). The van der Waals surface area contributed by atoms with E-state index in [4.69, 9.17) is 0 Å². The fourth-order valence-corrected chi connectivity index (χ4v) is 4.84. The molecule has 6 heteroatoms. The lowest BCUT2D eigenvalue weighted by Crippen LogP contribution is -3.12. The van der Waals surface area contributed by atoms with Gasteiger partial charge >= 0.3 is 0 Å². The number of sulfonamides is 1. The summed E-state index contributed by atoms with van der Waals surface area (Å²) in [4.78, 5) is 1.76. The standard InChI is InChI=1S/C13H19BrN2O2S/c1-10-8-12(14)13(9-11(10)2)19(17,18)16-6-4-15(3)5-7-16/h8-9H,4-7H2,1-3H3/p+1. The van der Waals surface area contributed by atoms with Crippen LogP contribution >= 0.6 is 15.9 Å². The molecule has 0 aromatic heterocycles. The van der Waals surface area contributed by atoms with E-state index in [-0.39, 0.29) is 0 Å². The van der Waals surface area contributed by atoms with Crippen LogP contribution in [0.25, 0.3) is 0 Å². The maximum absolute atomic E-state index is 12.7. The predicted molar refractivity (Wildman–Crippen MR) is 79.0 cm³/mol. The summed E-state index contributed by atoms with van der Waals surface area (Å²) in [5.74, 6) is 0. The van der Waals surface area contributed by atoms with Gasteiger partial charge in [0.05, 0.1) is 38.1 Å². The molecule has 106 valence electrons. The van der Waals surface area contributed by atoms with Crippen molar-refractivity contribution in [1.29, 1.82) is 0 Å². The van der Waals surface area contributed by atoms with Gasteiger partial charge in [0.1, 0.15) is 0 Å². The number of nitrogens with zero attached hydrogens (tertiary/aromatic N) is 1. The van der Waals surface area contributed by atoms with Crippen LogP contribution in [-0.2, 0) is 10.0 Å². The Hall–Kier alpha value is -0.430. The molecule has 1 aliphatic heterocycles. The molecule has 1 aromatic carbocycles. The van der Waals surface area contributed by atoms with Crippen LogP contribution in [0.5, 0.6) is 0 Å². The first kappa shape index (κ1) is 15.0. The zero-order chi connectivity index (χ0) is 14.2. The first-order valence-corrected chi connectivity index (χ1v) is 8.64. The van der Waals surface area contributed by atoms with Crippen molar-refractivity contribution in [3.63, 3.8) is 0 Å². The third-order valence-corrected chi connectivity index (χ3v) is 6.60. The number of nitrogens with one attached hydrogen (secondary N) is 1. The molecule has 0 amide bonds. The lowest BCUT2D eigenvalue weighted by atomic mass is 10.1. The van der Waals surface area contributed by atoms with Crippen molar-refractivity contribution in [2.24, 2.45) is 0 Å². The maximum Gasteiger partial charge on any atom is 0.244 e. The maximum atomic E-state index is 12.7. The van der Waals surface area contributed by atoms with Gasteiger partial charge < -0.3 is 4.90 Å². The number of rotatable bonds is 2. The quantitative estimate of drug-likeness (QED) is 0.850. The van der Waals surface area contributed by atoms with Crippen LogP contribution in [0.1, 0.15) is 11.1 Å². The van der Waals surface area contributed by atoms with Crippen LogP contribution in [0.2, 0.25) is 0 Å². The first-order chi connectivity index (χ1) is 8.82. The third kappa shape index (κ3) is 3.02. The second-order valence-corrected chi connectivity index (χ2v) is 7.99. The van der Waals surface area contributed by atoms with E-state index in [1.165, 1.54) is 4.90 Å². The molecule has 0 bridgehead atoms. The molecule has 1 N–H and O–H groups in total. The van der Waals surface area contributed by atoms with Crippen molar-refractivity contribution in [2.45, 2.75) is 18.7 Å². The molecule has 0 unspecified atom stereocenters. The Balaban J connectivity index is 2.37. The smallest absolute Gasteiger partial charge is 0.244 e. The Labute approximate surface area is 123 Å². The molecular formula is C13H20BrN2O2S+.